The van der Waals surface area contributed by atoms with Crippen LogP contribution in [-0.4, -0.2) is 38.8 Å². The fourth-order valence-corrected chi connectivity index (χ4v) is 4.05. The summed E-state index contributed by atoms with van der Waals surface area (Å²) in [5.41, 5.74) is 5.94. The molecule has 0 amide bonds. The lowest BCUT2D eigenvalue weighted by Crippen LogP contribution is -2.24. The second-order valence-electron chi connectivity index (χ2n) is 5.20. The van der Waals surface area contributed by atoms with Gasteiger partial charge in [-0.2, -0.15) is 0 Å². The summed E-state index contributed by atoms with van der Waals surface area (Å²) in [6.07, 6.45) is -4.24. The maximum Gasteiger partial charge on any atom is 0.573 e. The Hall–Kier alpha value is -1.24. The number of sulfone groups is 1. The molecule has 0 aliphatic carbocycles. The number of hydrogen-bond donors (Lipinski definition) is 2. The summed E-state index contributed by atoms with van der Waals surface area (Å²) in [6.45, 7) is 0.247. The lowest BCUT2D eigenvalue weighted by Gasteiger charge is -2.11. The lowest BCUT2D eigenvalue weighted by atomic mass is 10.1. The number of rotatable bonds is 4. The molecule has 1 unspecified atom stereocenters. The number of aliphatic imine (C=N–C) groups is 1. The molecule has 1 fully saturated rings. The normalized spacial score (nSPS) is 20.3. The van der Waals surface area contributed by atoms with Gasteiger partial charge in [-0.1, -0.05) is 6.07 Å². The third kappa shape index (κ3) is 7.11. The van der Waals surface area contributed by atoms with Gasteiger partial charge in [-0.25, -0.2) is 8.42 Å². The molecule has 24 heavy (non-hydrogen) atoms. The number of nitrogens with two attached hydrogens (primary N) is 1. The highest BCUT2D eigenvalue weighted by Crippen LogP contribution is 2.25. The van der Waals surface area contributed by atoms with E-state index in [1.807, 2.05) is 0 Å². The Kier molecular flexibility index (Phi) is 7.13. The van der Waals surface area contributed by atoms with E-state index < -0.39 is 16.2 Å². The largest absolute Gasteiger partial charge is 0.573 e. The molecule has 0 radical (unpaired) electrons. The van der Waals surface area contributed by atoms with Crippen LogP contribution in [0.5, 0.6) is 5.75 Å². The number of nitrogens with zero attached hydrogens (tertiary/aromatic N) is 1. The summed E-state index contributed by atoms with van der Waals surface area (Å²) in [7, 11) is -2.98. The molecule has 1 atom stereocenters. The molecule has 0 saturated carbocycles. The summed E-state index contributed by atoms with van der Waals surface area (Å²) >= 11 is 0. The van der Waals surface area contributed by atoms with Crippen molar-refractivity contribution in [3.05, 3.63) is 24.3 Å². The van der Waals surface area contributed by atoms with Crippen molar-refractivity contribution in [2.24, 2.45) is 16.6 Å². The molecule has 1 saturated heterocycles. The predicted octanol–water partition coefficient (Wildman–Crippen LogP) is 2.36. The molecule has 0 aromatic heterocycles. The summed E-state index contributed by atoms with van der Waals surface area (Å²) in [6, 6.07) is 5.18. The van der Waals surface area contributed by atoms with E-state index >= 15 is 0 Å². The lowest BCUT2D eigenvalue weighted by molar-refractivity contribution is -0.274. The van der Waals surface area contributed by atoms with Crippen LogP contribution in [0, 0.1) is 5.92 Å². The van der Waals surface area contributed by atoms with Gasteiger partial charge < -0.3 is 15.8 Å². The number of nitrogens with one attached hydrogen (secondary N) is 1. The van der Waals surface area contributed by atoms with E-state index in [1.54, 1.807) is 0 Å². The molecule has 3 N–H and O–H groups in total. The highest BCUT2D eigenvalue weighted by Gasteiger charge is 2.31. The summed E-state index contributed by atoms with van der Waals surface area (Å²) < 4.78 is 62.9. The van der Waals surface area contributed by atoms with Crippen molar-refractivity contribution in [2.75, 3.05) is 23.4 Å². The van der Waals surface area contributed by atoms with E-state index in [0.29, 0.717) is 6.42 Å². The smallest absolute Gasteiger partial charge is 0.406 e. The number of guanidine groups is 1. The average Bonchev–Trinajstić information content (AvgIpc) is 2.74. The monoisotopic (exact) mass is 479 g/mol. The highest BCUT2D eigenvalue weighted by molar-refractivity contribution is 14.0. The van der Waals surface area contributed by atoms with Gasteiger partial charge in [0.1, 0.15) is 5.75 Å². The first-order chi connectivity index (χ1) is 10.6. The van der Waals surface area contributed by atoms with Crippen molar-refractivity contribution in [1.82, 2.24) is 0 Å². The predicted molar refractivity (Wildman–Crippen MR) is 95.4 cm³/mol. The minimum absolute atomic E-state index is 0. The van der Waals surface area contributed by atoms with Crippen LogP contribution in [0.3, 0.4) is 0 Å². The molecular weight excluding hydrogens is 462 g/mol. The number of ether oxygens (including phenoxy) is 1. The molecule has 1 aromatic carbocycles. The zero-order valence-electron chi connectivity index (χ0n) is 12.4. The summed E-state index contributed by atoms with van der Waals surface area (Å²) in [5.74, 6) is -0.230. The molecule has 0 bridgehead atoms. The van der Waals surface area contributed by atoms with Gasteiger partial charge in [-0.05, 0) is 24.5 Å². The molecular formula is C13H17F3IN3O3S. The molecule has 6 nitrogen and oxygen atoms in total. The topological polar surface area (TPSA) is 93.8 Å². The first kappa shape index (κ1) is 20.8. The molecule has 1 heterocycles. The van der Waals surface area contributed by atoms with Crippen molar-refractivity contribution in [3.63, 3.8) is 0 Å². The summed E-state index contributed by atoms with van der Waals surface area (Å²) in [5, 5.41) is 2.64. The van der Waals surface area contributed by atoms with E-state index in [1.165, 1.54) is 12.1 Å². The van der Waals surface area contributed by atoms with E-state index in [9.17, 15) is 21.6 Å². The zero-order valence-corrected chi connectivity index (χ0v) is 15.6. The Labute approximate surface area is 154 Å². The SMILES string of the molecule is I.NC(=NCC1CCS(=O)(=O)C1)Nc1cccc(OC(F)(F)F)c1. The Bertz CT molecular complexity index is 695. The zero-order chi connectivity index (χ0) is 17.1. The highest BCUT2D eigenvalue weighted by atomic mass is 127. The number of benzene rings is 1. The van der Waals surface area contributed by atoms with Crippen LogP contribution in [0.2, 0.25) is 0 Å². The summed E-state index contributed by atoms with van der Waals surface area (Å²) in [4.78, 5) is 4.03. The van der Waals surface area contributed by atoms with Crippen LogP contribution in [-0.2, 0) is 9.84 Å². The molecule has 1 aromatic rings. The fourth-order valence-electron chi connectivity index (χ4n) is 2.20. The van der Waals surface area contributed by atoms with Gasteiger partial charge in [0.15, 0.2) is 15.8 Å². The van der Waals surface area contributed by atoms with Crippen LogP contribution < -0.4 is 15.8 Å². The first-order valence-electron chi connectivity index (χ1n) is 6.76. The van der Waals surface area contributed by atoms with Crippen molar-refractivity contribution < 1.29 is 26.3 Å². The Balaban J connectivity index is 0.00000288. The van der Waals surface area contributed by atoms with Crippen molar-refractivity contribution in [2.45, 2.75) is 12.8 Å². The van der Waals surface area contributed by atoms with Crippen LogP contribution in [0.4, 0.5) is 18.9 Å². The molecule has 136 valence electrons. The number of anilines is 1. The third-order valence-corrected chi connectivity index (χ3v) is 5.02. The van der Waals surface area contributed by atoms with E-state index in [2.05, 4.69) is 15.0 Å². The van der Waals surface area contributed by atoms with Gasteiger partial charge in [-0.15, -0.1) is 37.1 Å². The maximum atomic E-state index is 12.2. The van der Waals surface area contributed by atoms with Gasteiger partial charge in [0.25, 0.3) is 0 Å². The molecule has 1 aliphatic rings. The average molecular weight is 479 g/mol. The molecule has 1 aliphatic heterocycles. The van der Waals surface area contributed by atoms with E-state index in [-0.39, 0.29) is 65.3 Å². The van der Waals surface area contributed by atoms with E-state index in [4.69, 9.17) is 5.73 Å². The maximum absolute atomic E-state index is 12.2. The van der Waals surface area contributed by atoms with Gasteiger partial charge in [0, 0.05) is 18.3 Å². The van der Waals surface area contributed by atoms with E-state index in [0.717, 1.165) is 12.1 Å². The van der Waals surface area contributed by atoms with Crippen LogP contribution in [0.1, 0.15) is 6.42 Å². The van der Waals surface area contributed by atoms with Crippen LogP contribution in [0.25, 0.3) is 0 Å². The Morgan fingerprint density at radius 3 is 2.71 bits per heavy atom. The van der Waals surface area contributed by atoms with Gasteiger partial charge in [-0.3, -0.25) is 4.99 Å². The van der Waals surface area contributed by atoms with Gasteiger partial charge >= 0.3 is 6.36 Å². The van der Waals surface area contributed by atoms with Crippen molar-refractivity contribution in [3.8, 4) is 5.75 Å². The minimum atomic E-state index is -4.77. The third-order valence-electron chi connectivity index (χ3n) is 3.19. The van der Waals surface area contributed by atoms with Crippen LogP contribution in [0.15, 0.2) is 29.3 Å². The van der Waals surface area contributed by atoms with Gasteiger partial charge in [0.05, 0.1) is 11.5 Å². The number of halogens is 4. The standard InChI is InChI=1S/C13H16F3N3O3S.HI/c14-13(15,16)22-11-3-1-2-10(6-11)19-12(17)18-7-9-4-5-23(20,21)8-9;/h1-3,6,9H,4-5,7-8H2,(H3,17,18,19);1H. The fraction of sp³-hybridized carbons (Fsp3) is 0.462. The Morgan fingerprint density at radius 1 is 1.42 bits per heavy atom. The van der Waals surface area contributed by atoms with Crippen molar-refractivity contribution in [1.29, 1.82) is 0 Å². The minimum Gasteiger partial charge on any atom is -0.406 e. The molecule has 0 spiro atoms. The van der Waals surface area contributed by atoms with Crippen molar-refractivity contribution >= 4 is 45.5 Å². The van der Waals surface area contributed by atoms with Crippen LogP contribution >= 0.6 is 24.0 Å². The number of hydrogen-bond acceptors (Lipinski definition) is 4. The van der Waals surface area contributed by atoms with Gasteiger partial charge in [0.2, 0.25) is 0 Å². The Morgan fingerprint density at radius 2 is 2.12 bits per heavy atom. The quantitative estimate of drug-likeness (QED) is 0.393. The molecule has 2 rings (SSSR count). The number of alkyl halides is 3. The molecule has 11 heteroatoms. The second-order valence-corrected chi connectivity index (χ2v) is 7.42. The first-order valence-corrected chi connectivity index (χ1v) is 8.58. The second kappa shape index (κ2) is 8.23.